The summed E-state index contributed by atoms with van der Waals surface area (Å²) < 4.78 is 0. The zero-order valence-electron chi connectivity index (χ0n) is 10.9. The van der Waals surface area contributed by atoms with E-state index >= 15 is 0 Å². The van der Waals surface area contributed by atoms with Crippen LogP contribution in [0.25, 0.3) is 0 Å². The summed E-state index contributed by atoms with van der Waals surface area (Å²) in [6.07, 6.45) is 2.60. The molecule has 18 heavy (non-hydrogen) atoms. The Hall–Kier alpha value is -0.510. The molecule has 0 saturated carbocycles. The molecule has 1 fully saturated rings. The van der Waals surface area contributed by atoms with Gasteiger partial charge in [-0.3, -0.25) is 4.90 Å². The third kappa shape index (κ3) is 2.73. The number of rotatable bonds is 1. The number of fused-ring (bicyclic) bond motifs is 1. The molecule has 1 aromatic rings. The normalized spacial score (nSPS) is 26.1. The Morgan fingerprint density at radius 3 is 3.11 bits per heavy atom. The Morgan fingerprint density at radius 2 is 2.11 bits per heavy atom. The SMILES string of the molecule is c1ccc2c(c1)CNCCC2N1CCCSCC1. The predicted octanol–water partition coefficient (Wildman–Crippen LogP) is 2.66. The number of thioether (sulfide) groups is 1. The van der Waals surface area contributed by atoms with Crippen LogP contribution < -0.4 is 5.32 Å². The standard InChI is InChI=1S/C15H22N2S/c1-2-5-14-13(4-1)12-16-7-6-15(14)17-8-3-10-18-11-9-17/h1-2,4-5,15-16H,3,6-12H2. The van der Waals surface area contributed by atoms with E-state index in [9.17, 15) is 0 Å². The minimum atomic E-state index is 0.634. The number of nitrogens with one attached hydrogen (secondary N) is 1. The van der Waals surface area contributed by atoms with E-state index in [0.29, 0.717) is 6.04 Å². The number of nitrogens with zero attached hydrogens (tertiary/aromatic N) is 1. The molecule has 3 rings (SSSR count). The van der Waals surface area contributed by atoms with Crippen molar-refractivity contribution < 1.29 is 0 Å². The number of hydrogen-bond acceptors (Lipinski definition) is 3. The van der Waals surface area contributed by atoms with E-state index in [0.717, 1.165) is 13.1 Å². The van der Waals surface area contributed by atoms with Crippen LogP contribution in [0.4, 0.5) is 0 Å². The molecule has 0 aromatic heterocycles. The van der Waals surface area contributed by atoms with Crippen molar-refractivity contribution in [1.29, 1.82) is 0 Å². The van der Waals surface area contributed by atoms with Crippen molar-refractivity contribution in [3.05, 3.63) is 35.4 Å². The summed E-state index contributed by atoms with van der Waals surface area (Å²) in [5, 5.41) is 3.56. The van der Waals surface area contributed by atoms with Crippen molar-refractivity contribution in [2.75, 3.05) is 31.1 Å². The molecule has 3 heteroatoms. The molecule has 0 spiro atoms. The van der Waals surface area contributed by atoms with Gasteiger partial charge in [-0.1, -0.05) is 24.3 Å². The van der Waals surface area contributed by atoms with Gasteiger partial charge in [0.05, 0.1) is 0 Å². The first kappa shape index (κ1) is 12.5. The van der Waals surface area contributed by atoms with Gasteiger partial charge in [-0.25, -0.2) is 0 Å². The van der Waals surface area contributed by atoms with E-state index in [4.69, 9.17) is 0 Å². The Kier molecular flexibility index (Phi) is 4.24. The summed E-state index contributed by atoms with van der Waals surface area (Å²) in [4.78, 5) is 2.71. The Morgan fingerprint density at radius 1 is 1.17 bits per heavy atom. The Bertz CT molecular complexity index is 386. The van der Waals surface area contributed by atoms with Gasteiger partial charge in [0.1, 0.15) is 0 Å². The first-order valence-electron chi connectivity index (χ1n) is 7.05. The van der Waals surface area contributed by atoms with Crippen LogP contribution >= 0.6 is 11.8 Å². The van der Waals surface area contributed by atoms with Crippen LogP contribution in [0, 0.1) is 0 Å². The molecule has 1 saturated heterocycles. The van der Waals surface area contributed by atoms with E-state index < -0.39 is 0 Å². The van der Waals surface area contributed by atoms with Crippen molar-refractivity contribution in [3.63, 3.8) is 0 Å². The molecule has 0 bridgehead atoms. The largest absolute Gasteiger partial charge is 0.313 e. The monoisotopic (exact) mass is 262 g/mol. The van der Waals surface area contributed by atoms with Crippen LogP contribution in [0.5, 0.6) is 0 Å². The highest BCUT2D eigenvalue weighted by atomic mass is 32.2. The Balaban J connectivity index is 1.86. The molecule has 2 aliphatic rings. The van der Waals surface area contributed by atoms with Crippen molar-refractivity contribution in [3.8, 4) is 0 Å². The lowest BCUT2D eigenvalue weighted by molar-refractivity contribution is 0.204. The van der Waals surface area contributed by atoms with Gasteiger partial charge in [-0.2, -0.15) is 11.8 Å². The topological polar surface area (TPSA) is 15.3 Å². The minimum Gasteiger partial charge on any atom is -0.313 e. The molecule has 0 aliphatic carbocycles. The van der Waals surface area contributed by atoms with Crippen LogP contribution in [0.2, 0.25) is 0 Å². The minimum absolute atomic E-state index is 0.634. The average Bonchev–Trinajstić information content (AvgIpc) is 2.79. The van der Waals surface area contributed by atoms with Crippen molar-refractivity contribution in [1.82, 2.24) is 10.2 Å². The lowest BCUT2D eigenvalue weighted by atomic mass is 9.98. The van der Waals surface area contributed by atoms with Crippen LogP contribution in [0.15, 0.2) is 24.3 Å². The quantitative estimate of drug-likeness (QED) is 0.837. The fourth-order valence-corrected chi connectivity index (χ4v) is 3.99. The van der Waals surface area contributed by atoms with Gasteiger partial charge in [0.2, 0.25) is 0 Å². The smallest absolute Gasteiger partial charge is 0.0363 e. The second-order valence-corrected chi connectivity index (χ2v) is 6.41. The molecule has 1 atom stereocenters. The fourth-order valence-electron chi connectivity index (χ4n) is 3.09. The van der Waals surface area contributed by atoms with Crippen LogP contribution in [-0.4, -0.2) is 36.0 Å². The summed E-state index contributed by atoms with van der Waals surface area (Å²) in [6.45, 7) is 4.70. The Labute approximate surface area is 114 Å². The van der Waals surface area contributed by atoms with E-state index in [1.54, 1.807) is 5.56 Å². The molecule has 98 valence electrons. The molecule has 2 heterocycles. The number of hydrogen-bond donors (Lipinski definition) is 1. The molecule has 2 aliphatic heterocycles. The molecule has 2 nitrogen and oxygen atoms in total. The summed E-state index contributed by atoms with van der Waals surface area (Å²) in [6, 6.07) is 9.62. The first-order chi connectivity index (χ1) is 8.95. The third-order valence-electron chi connectivity index (χ3n) is 4.02. The second-order valence-electron chi connectivity index (χ2n) is 5.18. The maximum atomic E-state index is 3.56. The zero-order chi connectivity index (χ0) is 12.2. The van der Waals surface area contributed by atoms with Crippen molar-refractivity contribution in [2.24, 2.45) is 0 Å². The van der Waals surface area contributed by atoms with Gasteiger partial charge in [0.15, 0.2) is 0 Å². The maximum Gasteiger partial charge on any atom is 0.0363 e. The van der Waals surface area contributed by atoms with Crippen molar-refractivity contribution >= 4 is 11.8 Å². The molecule has 0 amide bonds. The first-order valence-corrected chi connectivity index (χ1v) is 8.21. The van der Waals surface area contributed by atoms with E-state index in [2.05, 4.69) is 46.2 Å². The maximum absolute atomic E-state index is 3.56. The lowest BCUT2D eigenvalue weighted by Gasteiger charge is -2.30. The van der Waals surface area contributed by atoms with Crippen LogP contribution in [0.1, 0.15) is 30.0 Å². The summed E-state index contributed by atoms with van der Waals surface area (Å²) >= 11 is 2.11. The summed E-state index contributed by atoms with van der Waals surface area (Å²) in [5.74, 6) is 2.63. The number of benzene rings is 1. The molecule has 1 aromatic carbocycles. The van der Waals surface area contributed by atoms with E-state index in [1.807, 2.05) is 0 Å². The summed E-state index contributed by atoms with van der Waals surface area (Å²) in [7, 11) is 0. The van der Waals surface area contributed by atoms with Crippen LogP contribution in [0.3, 0.4) is 0 Å². The van der Waals surface area contributed by atoms with Crippen LogP contribution in [-0.2, 0) is 6.54 Å². The zero-order valence-corrected chi connectivity index (χ0v) is 11.7. The highest BCUT2D eigenvalue weighted by molar-refractivity contribution is 7.99. The van der Waals surface area contributed by atoms with Gasteiger partial charge < -0.3 is 5.32 Å². The van der Waals surface area contributed by atoms with E-state index in [-0.39, 0.29) is 0 Å². The lowest BCUT2D eigenvalue weighted by Crippen LogP contribution is -2.31. The van der Waals surface area contributed by atoms with E-state index in [1.165, 1.54) is 43.0 Å². The van der Waals surface area contributed by atoms with Gasteiger partial charge in [0, 0.05) is 24.9 Å². The molecule has 0 radical (unpaired) electrons. The highest BCUT2D eigenvalue weighted by Crippen LogP contribution is 2.30. The predicted molar refractivity (Wildman–Crippen MR) is 79.0 cm³/mol. The average molecular weight is 262 g/mol. The highest BCUT2D eigenvalue weighted by Gasteiger charge is 2.24. The molecule has 1 unspecified atom stereocenters. The molecular weight excluding hydrogens is 240 g/mol. The second kappa shape index (κ2) is 6.09. The van der Waals surface area contributed by atoms with Gasteiger partial charge >= 0.3 is 0 Å². The molecule has 1 N–H and O–H groups in total. The fraction of sp³-hybridized carbons (Fsp3) is 0.600. The van der Waals surface area contributed by atoms with Gasteiger partial charge in [-0.15, -0.1) is 0 Å². The summed E-state index contributed by atoms with van der Waals surface area (Å²) in [5.41, 5.74) is 3.06. The van der Waals surface area contributed by atoms with Gasteiger partial charge in [0.25, 0.3) is 0 Å². The van der Waals surface area contributed by atoms with Gasteiger partial charge in [-0.05, 0) is 42.8 Å². The third-order valence-corrected chi connectivity index (χ3v) is 5.07. The van der Waals surface area contributed by atoms with Crippen molar-refractivity contribution in [2.45, 2.75) is 25.4 Å². The molecular formula is C15H22N2S.